The molecular weight excluding hydrogens is 226 g/mol. The third-order valence-corrected chi connectivity index (χ3v) is 2.64. The van der Waals surface area contributed by atoms with Crippen molar-refractivity contribution in [3.63, 3.8) is 0 Å². The maximum Gasteiger partial charge on any atom is 0.321 e. The van der Waals surface area contributed by atoms with Crippen LogP contribution in [0, 0.1) is 6.92 Å². The number of carbonyl (C=O) groups excluding carboxylic acids is 1. The highest BCUT2D eigenvalue weighted by molar-refractivity contribution is 6.31. The summed E-state index contributed by atoms with van der Waals surface area (Å²) >= 11 is 5.95. The summed E-state index contributed by atoms with van der Waals surface area (Å²) in [7, 11) is 1.69. The van der Waals surface area contributed by atoms with Gasteiger partial charge >= 0.3 is 6.03 Å². The van der Waals surface area contributed by atoms with E-state index >= 15 is 0 Å². The van der Waals surface area contributed by atoms with Crippen LogP contribution in [0.1, 0.15) is 5.56 Å². The van der Waals surface area contributed by atoms with Crippen molar-refractivity contribution >= 4 is 23.3 Å². The maximum absolute atomic E-state index is 11.6. The molecule has 0 fully saturated rings. The number of halogens is 1. The number of amides is 2. The van der Waals surface area contributed by atoms with E-state index in [9.17, 15) is 4.79 Å². The van der Waals surface area contributed by atoms with Gasteiger partial charge in [0.05, 0.1) is 0 Å². The smallest absolute Gasteiger partial charge is 0.321 e. The monoisotopic (exact) mass is 241 g/mol. The molecule has 0 saturated carbocycles. The third-order valence-electron chi connectivity index (χ3n) is 2.23. The fraction of sp³-hybridized carbons (Fsp3) is 0.364. The zero-order chi connectivity index (χ0) is 12.1. The molecule has 0 aromatic heterocycles. The van der Waals surface area contributed by atoms with Crippen molar-refractivity contribution < 1.29 is 4.79 Å². The van der Waals surface area contributed by atoms with Gasteiger partial charge in [-0.25, -0.2) is 4.79 Å². The largest absolute Gasteiger partial charge is 0.329 e. The van der Waals surface area contributed by atoms with Gasteiger partial charge in [-0.15, -0.1) is 0 Å². The van der Waals surface area contributed by atoms with E-state index in [0.717, 1.165) is 5.56 Å². The van der Waals surface area contributed by atoms with Crippen molar-refractivity contribution in [3.05, 3.63) is 28.8 Å². The first kappa shape index (κ1) is 12.8. The minimum Gasteiger partial charge on any atom is -0.329 e. The van der Waals surface area contributed by atoms with Crippen LogP contribution in [0.25, 0.3) is 0 Å². The van der Waals surface area contributed by atoms with Gasteiger partial charge in [0, 0.05) is 30.8 Å². The van der Waals surface area contributed by atoms with Gasteiger partial charge in [0.15, 0.2) is 0 Å². The second kappa shape index (κ2) is 5.72. The van der Waals surface area contributed by atoms with Gasteiger partial charge in [0.25, 0.3) is 0 Å². The fourth-order valence-corrected chi connectivity index (χ4v) is 1.37. The van der Waals surface area contributed by atoms with Crippen LogP contribution >= 0.6 is 11.6 Å². The zero-order valence-corrected chi connectivity index (χ0v) is 10.2. The molecule has 0 aliphatic heterocycles. The highest BCUT2D eigenvalue weighted by atomic mass is 35.5. The number of hydrogen-bond donors (Lipinski definition) is 2. The molecule has 3 N–H and O–H groups in total. The second-order valence-corrected chi connectivity index (χ2v) is 4.01. The van der Waals surface area contributed by atoms with Gasteiger partial charge < -0.3 is 16.0 Å². The highest BCUT2D eigenvalue weighted by Gasteiger charge is 2.07. The number of aryl methyl sites for hydroxylation is 1. The van der Waals surface area contributed by atoms with E-state index in [1.165, 1.54) is 4.90 Å². The van der Waals surface area contributed by atoms with Crippen LogP contribution in [0.4, 0.5) is 10.5 Å². The SMILES string of the molecule is Cc1ccc(NC(=O)N(C)CCN)cc1Cl. The predicted molar refractivity (Wildman–Crippen MR) is 66.9 cm³/mol. The van der Waals surface area contributed by atoms with Gasteiger partial charge in [-0.05, 0) is 24.6 Å². The van der Waals surface area contributed by atoms with Crippen LogP contribution in [0.3, 0.4) is 0 Å². The molecule has 0 atom stereocenters. The summed E-state index contributed by atoms with van der Waals surface area (Å²) in [6.45, 7) is 2.87. The molecule has 0 saturated heterocycles. The average molecular weight is 242 g/mol. The van der Waals surface area contributed by atoms with Crippen molar-refractivity contribution in [2.45, 2.75) is 6.92 Å². The van der Waals surface area contributed by atoms with E-state index in [2.05, 4.69) is 5.32 Å². The molecule has 88 valence electrons. The average Bonchev–Trinajstić information content (AvgIpc) is 2.24. The van der Waals surface area contributed by atoms with Crippen LogP contribution in [0.15, 0.2) is 18.2 Å². The van der Waals surface area contributed by atoms with Crippen molar-refractivity contribution in [1.29, 1.82) is 0 Å². The van der Waals surface area contributed by atoms with Gasteiger partial charge in [-0.1, -0.05) is 17.7 Å². The van der Waals surface area contributed by atoms with Crippen molar-refractivity contribution in [2.24, 2.45) is 5.73 Å². The van der Waals surface area contributed by atoms with Gasteiger partial charge in [0.1, 0.15) is 0 Å². The number of rotatable bonds is 3. The Hall–Kier alpha value is -1.26. The third kappa shape index (κ3) is 3.40. The zero-order valence-electron chi connectivity index (χ0n) is 9.46. The van der Waals surface area contributed by atoms with Crippen LogP contribution in [-0.2, 0) is 0 Å². The second-order valence-electron chi connectivity index (χ2n) is 3.60. The van der Waals surface area contributed by atoms with Crippen LogP contribution in [-0.4, -0.2) is 31.1 Å². The topological polar surface area (TPSA) is 58.4 Å². The summed E-state index contributed by atoms with van der Waals surface area (Å²) in [4.78, 5) is 13.1. The molecule has 4 nitrogen and oxygen atoms in total. The molecule has 0 bridgehead atoms. The van der Waals surface area contributed by atoms with E-state index < -0.39 is 0 Å². The normalized spacial score (nSPS) is 10.0. The summed E-state index contributed by atoms with van der Waals surface area (Å²) in [5.41, 5.74) is 7.03. The summed E-state index contributed by atoms with van der Waals surface area (Å²) < 4.78 is 0. The van der Waals surface area contributed by atoms with Crippen molar-refractivity contribution in [1.82, 2.24) is 4.90 Å². The number of benzene rings is 1. The molecule has 0 radical (unpaired) electrons. The number of nitrogens with zero attached hydrogens (tertiary/aromatic N) is 1. The minimum absolute atomic E-state index is 0.189. The standard InChI is InChI=1S/C11H16ClN3O/c1-8-3-4-9(7-10(8)12)14-11(16)15(2)6-5-13/h3-4,7H,5-6,13H2,1-2H3,(H,14,16). The fourth-order valence-electron chi connectivity index (χ4n) is 1.18. The number of carbonyl (C=O) groups is 1. The molecule has 16 heavy (non-hydrogen) atoms. The van der Waals surface area contributed by atoms with Crippen molar-refractivity contribution in [3.8, 4) is 0 Å². The van der Waals surface area contributed by atoms with Gasteiger partial charge in [0.2, 0.25) is 0 Å². The molecule has 0 spiro atoms. The Kier molecular flexibility index (Phi) is 4.58. The molecule has 2 amide bonds. The van der Waals surface area contributed by atoms with Gasteiger partial charge in [-0.2, -0.15) is 0 Å². The molecule has 0 aliphatic carbocycles. The number of nitrogens with one attached hydrogen (secondary N) is 1. The molecule has 5 heteroatoms. The summed E-state index contributed by atoms with van der Waals surface area (Å²) in [6, 6.07) is 5.21. The summed E-state index contributed by atoms with van der Waals surface area (Å²) in [5, 5.41) is 3.38. The van der Waals surface area contributed by atoms with E-state index in [1.54, 1.807) is 13.1 Å². The van der Waals surface area contributed by atoms with E-state index in [-0.39, 0.29) is 6.03 Å². The Morgan fingerprint density at radius 3 is 2.81 bits per heavy atom. The predicted octanol–water partition coefficient (Wildman–Crippen LogP) is 2.07. The summed E-state index contributed by atoms with van der Waals surface area (Å²) in [6.07, 6.45) is 0. The molecule has 0 heterocycles. The lowest BCUT2D eigenvalue weighted by molar-refractivity contribution is 0.223. The van der Waals surface area contributed by atoms with Crippen LogP contribution < -0.4 is 11.1 Å². The Balaban J connectivity index is 2.66. The van der Waals surface area contributed by atoms with E-state index in [1.807, 2.05) is 19.1 Å². The van der Waals surface area contributed by atoms with Crippen molar-refractivity contribution in [2.75, 3.05) is 25.5 Å². The first-order chi connectivity index (χ1) is 7.54. The number of likely N-dealkylation sites (N-methyl/N-ethyl adjacent to an activating group) is 1. The number of nitrogens with two attached hydrogens (primary N) is 1. The molecule has 0 unspecified atom stereocenters. The molecule has 1 rings (SSSR count). The number of anilines is 1. The Bertz CT molecular complexity index is 381. The summed E-state index contributed by atoms with van der Waals surface area (Å²) in [5.74, 6) is 0. The van der Waals surface area contributed by atoms with Crippen LogP contribution in [0.2, 0.25) is 5.02 Å². The Labute approximate surface area is 100 Å². The van der Waals surface area contributed by atoms with Crippen LogP contribution in [0.5, 0.6) is 0 Å². The number of urea groups is 1. The first-order valence-corrected chi connectivity index (χ1v) is 5.40. The molecular formula is C11H16ClN3O. The number of hydrogen-bond acceptors (Lipinski definition) is 2. The Morgan fingerprint density at radius 1 is 1.56 bits per heavy atom. The highest BCUT2D eigenvalue weighted by Crippen LogP contribution is 2.19. The molecule has 1 aromatic rings. The van der Waals surface area contributed by atoms with E-state index in [0.29, 0.717) is 23.8 Å². The maximum atomic E-state index is 11.6. The van der Waals surface area contributed by atoms with Gasteiger partial charge in [-0.3, -0.25) is 0 Å². The minimum atomic E-state index is -0.189. The quantitative estimate of drug-likeness (QED) is 0.851. The lowest BCUT2D eigenvalue weighted by Gasteiger charge is -2.17. The lowest BCUT2D eigenvalue weighted by Crippen LogP contribution is -2.35. The lowest BCUT2D eigenvalue weighted by atomic mass is 10.2. The Morgan fingerprint density at radius 2 is 2.25 bits per heavy atom. The first-order valence-electron chi connectivity index (χ1n) is 5.03. The van der Waals surface area contributed by atoms with E-state index in [4.69, 9.17) is 17.3 Å². The molecule has 1 aromatic carbocycles. The molecule has 0 aliphatic rings.